The van der Waals surface area contributed by atoms with E-state index in [1.165, 1.54) is 0 Å². The molecule has 1 saturated heterocycles. The minimum atomic E-state index is -3.16. The monoisotopic (exact) mass is 516 g/mol. The van der Waals surface area contributed by atoms with E-state index in [-0.39, 0.29) is 24.4 Å². The Morgan fingerprint density at radius 3 is 2.52 bits per heavy atom. The number of nitrogens with zero attached hydrogens (tertiary/aromatic N) is 2. The minimum Gasteiger partial charge on any atom is -0.486 e. The van der Waals surface area contributed by atoms with Gasteiger partial charge in [0.25, 0.3) is 0 Å². The molecule has 8 nitrogen and oxygen atoms in total. The van der Waals surface area contributed by atoms with Crippen molar-refractivity contribution in [2.45, 2.75) is 45.0 Å². The Kier molecular flexibility index (Phi) is 7.91. The van der Waals surface area contributed by atoms with Gasteiger partial charge in [0.05, 0.1) is 27.3 Å². The number of hydrogen-bond acceptors (Lipinski definition) is 7. The molecule has 1 aromatic carbocycles. The van der Waals surface area contributed by atoms with Crippen LogP contribution in [0, 0.1) is 5.92 Å². The van der Waals surface area contributed by atoms with Gasteiger partial charge in [-0.2, -0.15) is 0 Å². The number of carbonyl (C=O) groups is 1. The quantitative estimate of drug-likeness (QED) is 0.568. The fourth-order valence-electron chi connectivity index (χ4n) is 3.56. The van der Waals surface area contributed by atoms with E-state index in [9.17, 15) is 17.4 Å². The van der Waals surface area contributed by atoms with E-state index in [2.05, 4.69) is 4.99 Å². The number of ether oxygens (including phenoxy) is 2. The average molecular weight is 517 g/mol. The molecular formula is C22H29ClN2O6S2. The zero-order valence-electron chi connectivity index (χ0n) is 19.2. The molecule has 1 fully saturated rings. The number of benzene rings is 1. The molecule has 0 aromatic heterocycles. The van der Waals surface area contributed by atoms with Crippen LogP contribution in [0.1, 0.15) is 39.2 Å². The number of amides is 1. The lowest BCUT2D eigenvalue weighted by atomic mass is 9.98. The number of halogens is 1. The first-order valence-corrected chi connectivity index (χ1v) is 14.2. The molecule has 1 atom stereocenters. The van der Waals surface area contributed by atoms with Crippen molar-refractivity contribution in [1.82, 2.24) is 4.90 Å². The summed E-state index contributed by atoms with van der Waals surface area (Å²) in [6.45, 7) is 6.65. The molecule has 0 bridgehead atoms. The summed E-state index contributed by atoms with van der Waals surface area (Å²) in [6.07, 6.45) is 2.16. The lowest BCUT2D eigenvalue weighted by molar-refractivity contribution is 0.0202. The van der Waals surface area contributed by atoms with Crippen LogP contribution in [0.3, 0.4) is 0 Å². The van der Waals surface area contributed by atoms with Crippen LogP contribution in [0.15, 0.2) is 34.3 Å². The van der Waals surface area contributed by atoms with E-state index in [4.69, 9.17) is 21.1 Å². The lowest BCUT2D eigenvalue weighted by Crippen LogP contribution is -2.43. The van der Waals surface area contributed by atoms with Crippen molar-refractivity contribution in [3.8, 4) is 5.75 Å². The number of piperidine rings is 1. The highest BCUT2D eigenvalue weighted by molar-refractivity contribution is 8.03. The molecular weight excluding hydrogens is 488 g/mol. The third kappa shape index (κ3) is 7.55. The maximum atomic E-state index is 12.6. The second-order valence-electron chi connectivity index (χ2n) is 9.22. The van der Waals surface area contributed by atoms with Crippen molar-refractivity contribution in [2.75, 3.05) is 26.0 Å². The van der Waals surface area contributed by atoms with E-state index in [0.29, 0.717) is 53.0 Å². The van der Waals surface area contributed by atoms with E-state index in [0.717, 1.165) is 6.26 Å². The Morgan fingerprint density at radius 2 is 1.94 bits per heavy atom. The Balaban J connectivity index is 1.55. The van der Waals surface area contributed by atoms with Gasteiger partial charge in [0.2, 0.25) is 0 Å². The summed E-state index contributed by atoms with van der Waals surface area (Å²) >= 11 is 6.22. The number of aliphatic imine (C=N–C) groups is 1. The molecule has 1 aromatic rings. The maximum absolute atomic E-state index is 12.6. The first-order chi connectivity index (χ1) is 15.3. The standard InChI is InChI=1S/C22H29ClN2O6S2/c1-22(2,3)31-21(26)25-9-7-16(8-10-25)20-24-17(13-32(20)27)12-30-19-6-5-15(11-18(19)23)14-33(4,28)29/h5-6,11,13,16H,7-10,12,14H2,1-4H3. The molecule has 2 heterocycles. The summed E-state index contributed by atoms with van der Waals surface area (Å²) in [4.78, 5) is 18.4. The Morgan fingerprint density at radius 1 is 1.27 bits per heavy atom. The third-order valence-corrected chi connectivity index (χ3v) is 7.48. The summed E-state index contributed by atoms with van der Waals surface area (Å²) in [6, 6.07) is 4.83. The highest BCUT2D eigenvalue weighted by Gasteiger charge is 2.32. The van der Waals surface area contributed by atoms with Gasteiger partial charge in [0, 0.05) is 30.7 Å². The second-order valence-corrected chi connectivity index (χ2v) is 13.0. The zero-order valence-corrected chi connectivity index (χ0v) is 21.6. The van der Waals surface area contributed by atoms with Crippen LogP contribution in [-0.4, -0.2) is 60.2 Å². The molecule has 0 aliphatic carbocycles. The first kappa shape index (κ1) is 25.7. The molecule has 0 saturated carbocycles. The molecule has 1 unspecified atom stereocenters. The summed E-state index contributed by atoms with van der Waals surface area (Å²) in [7, 11) is -4.49. The van der Waals surface area contributed by atoms with Crippen molar-refractivity contribution >= 4 is 43.4 Å². The number of sulfone groups is 1. The number of carbonyl (C=O) groups excluding carboxylic acids is 1. The van der Waals surface area contributed by atoms with Crippen LogP contribution in [0.4, 0.5) is 4.79 Å². The largest absolute Gasteiger partial charge is 0.486 e. The minimum absolute atomic E-state index is 0.0251. The molecule has 0 N–H and O–H groups in total. The van der Waals surface area contributed by atoms with Gasteiger partial charge in [-0.15, -0.1) is 0 Å². The average Bonchev–Trinajstić information content (AvgIpc) is 3.05. The molecule has 1 amide bonds. The zero-order chi connectivity index (χ0) is 24.4. The van der Waals surface area contributed by atoms with E-state index < -0.39 is 26.2 Å². The summed E-state index contributed by atoms with van der Waals surface area (Å²) in [5.74, 6) is 0.324. The summed E-state index contributed by atoms with van der Waals surface area (Å²) in [5, 5.41) is 2.48. The highest BCUT2D eigenvalue weighted by atomic mass is 35.5. The predicted molar refractivity (Wildman–Crippen MR) is 130 cm³/mol. The smallest absolute Gasteiger partial charge is 0.410 e. The fraction of sp³-hybridized carbons (Fsp3) is 0.545. The van der Waals surface area contributed by atoms with Gasteiger partial charge in [0.1, 0.15) is 23.0 Å². The number of rotatable bonds is 6. The van der Waals surface area contributed by atoms with Crippen LogP contribution < -0.4 is 4.74 Å². The van der Waals surface area contributed by atoms with Crippen molar-refractivity contribution < 1.29 is 26.9 Å². The van der Waals surface area contributed by atoms with Crippen LogP contribution in [0.5, 0.6) is 5.75 Å². The van der Waals surface area contributed by atoms with Crippen LogP contribution in [-0.2, 0) is 31.1 Å². The van der Waals surface area contributed by atoms with Gasteiger partial charge in [-0.1, -0.05) is 17.7 Å². The van der Waals surface area contributed by atoms with Crippen molar-refractivity contribution in [1.29, 1.82) is 0 Å². The molecule has 2 aliphatic heterocycles. The van der Waals surface area contributed by atoms with Gasteiger partial charge in [-0.05, 0) is 51.3 Å². The van der Waals surface area contributed by atoms with Gasteiger partial charge in [-0.3, -0.25) is 0 Å². The van der Waals surface area contributed by atoms with E-state index in [1.807, 2.05) is 20.8 Å². The first-order valence-electron chi connectivity index (χ1n) is 10.6. The van der Waals surface area contributed by atoms with Crippen LogP contribution in [0.25, 0.3) is 0 Å². The molecule has 11 heteroatoms. The topological polar surface area (TPSA) is 102 Å². The predicted octanol–water partition coefficient (Wildman–Crippen LogP) is 3.91. The fourth-order valence-corrected chi connectivity index (χ4v) is 5.86. The molecule has 182 valence electrons. The summed E-state index contributed by atoms with van der Waals surface area (Å²) in [5.41, 5.74) is 0.587. The SMILES string of the molecule is CC(C)(C)OC(=O)N1CCC(C2=NC(COc3ccc(CS(C)(=O)=O)cc3Cl)=CS2=O)CC1. The van der Waals surface area contributed by atoms with Gasteiger partial charge in [-0.25, -0.2) is 22.4 Å². The van der Waals surface area contributed by atoms with Gasteiger partial charge >= 0.3 is 6.09 Å². The second kappa shape index (κ2) is 10.1. The molecule has 33 heavy (non-hydrogen) atoms. The van der Waals surface area contributed by atoms with Crippen molar-refractivity contribution in [3.05, 3.63) is 39.9 Å². The Hall–Kier alpha value is -1.91. The van der Waals surface area contributed by atoms with Crippen molar-refractivity contribution in [3.63, 3.8) is 0 Å². The molecule has 2 aliphatic rings. The summed E-state index contributed by atoms with van der Waals surface area (Å²) < 4.78 is 46.6. The molecule has 3 rings (SSSR count). The third-order valence-electron chi connectivity index (χ3n) is 5.00. The Bertz CT molecular complexity index is 1100. The number of likely N-dealkylation sites (tertiary alicyclic amines) is 1. The maximum Gasteiger partial charge on any atom is 0.410 e. The normalized spacial score (nSPS) is 19.8. The number of hydrogen-bond donors (Lipinski definition) is 0. The van der Waals surface area contributed by atoms with Crippen LogP contribution >= 0.6 is 11.6 Å². The van der Waals surface area contributed by atoms with Gasteiger partial charge in [0.15, 0.2) is 9.84 Å². The Labute approximate surface area is 202 Å². The van der Waals surface area contributed by atoms with E-state index in [1.54, 1.807) is 28.5 Å². The molecule has 0 spiro atoms. The van der Waals surface area contributed by atoms with Gasteiger partial charge < -0.3 is 14.4 Å². The van der Waals surface area contributed by atoms with E-state index >= 15 is 0 Å². The lowest BCUT2D eigenvalue weighted by Gasteiger charge is -2.33. The van der Waals surface area contributed by atoms with Crippen LogP contribution in [0.2, 0.25) is 5.02 Å². The van der Waals surface area contributed by atoms with Crippen molar-refractivity contribution in [2.24, 2.45) is 10.9 Å². The molecule has 0 radical (unpaired) electrons. The highest BCUT2D eigenvalue weighted by Crippen LogP contribution is 2.29.